The molecule has 1 atom stereocenters. The average molecular weight is 241 g/mol. The van der Waals surface area contributed by atoms with Gasteiger partial charge in [-0.1, -0.05) is 18.2 Å². The molecule has 1 heterocycles. The van der Waals surface area contributed by atoms with Gasteiger partial charge in [0.25, 0.3) is 0 Å². The van der Waals surface area contributed by atoms with Crippen molar-refractivity contribution in [3.8, 4) is 0 Å². The molecule has 1 aromatic carbocycles. The Morgan fingerprint density at radius 2 is 2.00 bits per heavy atom. The van der Waals surface area contributed by atoms with Crippen molar-refractivity contribution < 1.29 is 0 Å². The first-order valence-electron chi connectivity index (χ1n) is 6.16. The number of anilines is 1. The molecule has 1 aromatic heterocycles. The van der Waals surface area contributed by atoms with E-state index in [2.05, 4.69) is 42.3 Å². The second-order valence-corrected chi connectivity index (χ2v) is 4.43. The van der Waals surface area contributed by atoms with E-state index < -0.39 is 0 Å². The highest BCUT2D eigenvalue weighted by molar-refractivity contribution is 5.54. The Morgan fingerprint density at radius 3 is 2.67 bits per heavy atom. The third kappa shape index (κ3) is 2.68. The number of aryl methyl sites for hydroxylation is 1. The van der Waals surface area contributed by atoms with E-state index in [1.54, 1.807) is 6.20 Å². The second kappa shape index (κ2) is 5.65. The largest absolute Gasteiger partial charge is 0.375 e. The molecule has 3 N–H and O–H groups in total. The molecular weight excluding hydrogens is 222 g/mol. The van der Waals surface area contributed by atoms with Crippen molar-refractivity contribution in [3.63, 3.8) is 0 Å². The Morgan fingerprint density at radius 1 is 1.17 bits per heavy atom. The zero-order chi connectivity index (χ0) is 13.0. The number of rotatable bonds is 4. The van der Waals surface area contributed by atoms with Gasteiger partial charge in [0.1, 0.15) is 0 Å². The predicted octanol–water partition coefficient (Wildman–Crippen LogP) is 2.81. The lowest BCUT2D eigenvalue weighted by Gasteiger charge is -2.19. The maximum atomic E-state index is 5.84. The van der Waals surface area contributed by atoms with Gasteiger partial charge in [-0.25, -0.2) is 0 Å². The molecule has 1 unspecified atom stereocenters. The SMILES string of the molecule is Cc1cccc(NC(CN)c2ccccn2)c1C. The summed E-state index contributed by atoms with van der Waals surface area (Å²) >= 11 is 0. The van der Waals surface area contributed by atoms with Gasteiger partial charge in [-0.15, -0.1) is 0 Å². The maximum Gasteiger partial charge on any atom is 0.0807 e. The van der Waals surface area contributed by atoms with Gasteiger partial charge in [0.2, 0.25) is 0 Å². The maximum absolute atomic E-state index is 5.84. The quantitative estimate of drug-likeness (QED) is 0.865. The van der Waals surface area contributed by atoms with Crippen molar-refractivity contribution in [2.75, 3.05) is 11.9 Å². The van der Waals surface area contributed by atoms with Crippen molar-refractivity contribution in [3.05, 3.63) is 59.4 Å². The minimum atomic E-state index is 0.0479. The summed E-state index contributed by atoms with van der Waals surface area (Å²) in [6, 6.07) is 12.2. The Hall–Kier alpha value is -1.87. The van der Waals surface area contributed by atoms with Crippen molar-refractivity contribution in [2.45, 2.75) is 19.9 Å². The van der Waals surface area contributed by atoms with Crippen LogP contribution in [0.1, 0.15) is 22.9 Å². The molecule has 3 heteroatoms. The van der Waals surface area contributed by atoms with E-state index in [0.717, 1.165) is 11.4 Å². The first-order valence-corrected chi connectivity index (χ1v) is 6.16. The lowest BCUT2D eigenvalue weighted by atomic mass is 10.1. The molecule has 3 nitrogen and oxygen atoms in total. The molecule has 2 aromatic rings. The molecule has 18 heavy (non-hydrogen) atoms. The molecule has 0 bridgehead atoms. The lowest BCUT2D eigenvalue weighted by Crippen LogP contribution is -2.22. The molecule has 0 fully saturated rings. The molecule has 0 spiro atoms. The standard InChI is InChI=1S/C15H19N3/c1-11-6-5-8-13(12(11)2)18-15(10-16)14-7-3-4-9-17-14/h3-9,15,18H,10,16H2,1-2H3. The minimum absolute atomic E-state index is 0.0479. The van der Waals surface area contributed by atoms with Gasteiger partial charge < -0.3 is 11.1 Å². The van der Waals surface area contributed by atoms with E-state index in [1.807, 2.05) is 18.2 Å². The molecule has 0 radical (unpaired) electrons. The summed E-state index contributed by atoms with van der Waals surface area (Å²) in [5, 5.41) is 3.47. The topological polar surface area (TPSA) is 50.9 Å². The van der Waals surface area contributed by atoms with Crippen LogP contribution in [0, 0.1) is 13.8 Å². The fourth-order valence-corrected chi connectivity index (χ4v) is 1.93. The van der Waals surface area contributed by atoms with Crippen LogP contribution in [0.15, 0.2) is 42.6 Å². The lowest BCUT2D eigenvalue weighted by molar-refractivity contribution is 0.759. The zero-order valence-corrected chi connectivity index (χ0v) is 10.9. The monoisotopic (exact) mass is 241 g/mol. The Bertz CT molecular complexity index is 508. The Kier molecular flexibility index (Phi) is 3.95. The molecule has 2 rings (SSSR count). The molecule has 0 aliphatic heterocycles. The average Bonchev–Trinajstić information content (AvgIpc) is 2.41. The summed E-state index contributed by atoms with van der Waals surface area (Å²) < 4.78 is 0. The van der Waals surface area contributed by atoms with E-state index in [1.165, 1.54) is 11.1 Å². The highest BCUT2D eigenvalue weighted by atomic mass is 15.0. The predicted molar refractivity (Wildman–Crippen MR) is 75.6 cm³/mol. The van der Waals surface area contributed by atoms with Crippen molar-refractivity contribution in [1.29, 1.82) is 0 Å². The van der Waals surface area contributed by atoms with Crippen molar-refractivity contribution >= 4 is 5.69 Å². The fraction of sp³-hybridized carbons (Fsp3) is 0.267. The number of pyridine rings is 1. The van der Waals surface area contributed by atoms with Gasteiger partial charge in [-0.2, -0.15) is 0 Å². The van der Waals surface area contributed by atoms with Gasteiger partial charge in [0.05, 0.1) is 11.7 Å². The van der Waals surface area contributed by atoms with E-state index in [4.69, 9.17) is 5.73 Å². The number of benzene rings is 1. The Labute approximate surface area is 108 Å². The number of hydrogen-bond donors (Lipinski definition) is 2. The van der Waals surface area contributed by atoms with Crippen molar-refractivity contribution in [2.24, 2.45) is 5.73 Å². The van der Waals surface area contributed by atoms with Crippen LogP contribution in [0.25, 0.3) is 0 Å². The van der Waals surface area contributed by atoms with E-state index >= 15 is 0 Å². The summed E-state index contributed by atoms with van der Waals surface area (Å²) in [6.07, 6.45) is 1.79. The van der Waals surface area contributed by atoms with E-state index in [9.17, 15) is 0 Å². The summed E-state index contributed by atoms with van der Waals surface area (Å²) in [5.74, 6) is 0. The summed E-state index contributed by atoms with van der Waals surface area (Å²) in [7, 11) is 0. The van der Waals surface area contributed by atoms with Crippen LogP contribution in [0.5, 0.6) is 0 Å². The highest BCUT2D eigenvalue weighted by Crippen LogP contribution is 2.22. The number of aromatic nitrogens is 1. The third-order valence-electron chi connectivity index (χ3n) is 3.21. The normalized spacial score (nSPS) is 12.2. The van der Waals surface area contributed by atoms with E-state index in [0.29, 0.717) is 6.54 Å². The first-order chi connectivity index (χ1) is 8.72. The smallest absolute Gasteiger partial charge is 0.0807 e. The minimum Gasteiger partial charge on any atom is -0.375 e. The molecule has 94 valence electrons. The molecule has 0 aliphatic rings. The highest BCUT2D eigenvalue weighted by Gasteiger charge is 2.11. The number of nitrogens with two attached hydrogens (primary N) is 1. The summed E-state index contributed by atoms with van der Waals surface area (Å²) in [6.45, 7) is 4.74. The number of hydrogen-bond acceptors (Lipinski definition) is 3. The molecule has 0 saturated carbocycles. The van der Waals surface area contributed by atoms with Gasteiger partial charge >= 0.3 is 0 Å². The van der Waals surface area contributed by atoms with Gasteiger partial charge in [0.15, 0.2) is 0 Å². The zero-order valence-electron chi connectivity index (χ0n) is 10.9. The summed E-state index contributed by atoms with van der Waals surface area (Å²) in [4.78, 5) is 4.36. The van der Waals surface area contributed by atoms with Crippen LogP contribution in [0.4, 0.5) is 5.69 Å². The Balaban J connectivity index is 2.24. The molecule has 0 saturated heterocycles. The third-order valence-corrected chi connectivity index (χ3v) is 3.21. The van der Waals surface area contributed by atoms with Crippen LogP contribution in [-0.2, 0) is 0 Å². The van der Waals surface area contributed by atoms with Gasteiger partial charge in [0, 0.05) is 18.4 Å². The molecular formula is C15H19N3. The number of nitrogens with one attached hydrogen (secondary N) is 1. The van der Waals surface area contributed by atoms with Crippen LogP contribution in [-0.4, -0.2) is 11.5 Å². The van der Waals surface area contributed by atoms with Crippen molar-refractivity contribution in [1.82, 2.24) is 4.98 Å². The van der Waals surface area contributed by atoms with Crippen LogP contribution in [0.3, 0.4) is 0 Å². The molecule has 0 aliphatic carbocycles. The van der Waals surface area contributed by atoms with Gasteiger partial charge in [-0.3, -0.25) is 4.98 Å². The van der Waals surface area contributed by atoms with Crippen LogP contribution in [0.2, 0.25) is 0 Å². The summed E-state index contributed by atoms with van der Waals surface area (Å²) in [5.41, 5.74) is 10.5. The van der Waals surface area contributed by atoms with E-state index in [-0.39, 0.29) is 6.04 Å². The second-order valence-electron chi connectivity index (χ2n) is 4.43. The first kappa shape index (κ1) is 12.6. The number of nitrogens with zero attached hydrogens (tertiary/aromatic N) is 1. The fourth-order valence-electron chi connectivity index (χ4n) is 1.93. The van der Waals surface area contributed by atoms with Gasteiger partial charge in [-0.05, 0) is 43.2 Å². The van der Waals surface area contributed by atoms with Crippen LogP contribution >= 0.6 is 0 Å². The molecule has 0 amide bonds. The van der Waals surface area contributed by atoms with Crippen LogP contribution < -0.4 is 11.1 Å².